The Morgan fingerprint density at radius 3 is 2.61 bits per heavy atom. The number of aromatic nitrogens is 1. The topological polar surface area (TPSA) is 72.3 Å². The molecule has 2 saturated heterocycles. The first-order chi connectivity index (χ1) is 11.3. The first kappa shape index (κ1) is 16.1. The molecule has 2 amide bonds. The van der Waals surface area contributed by atoms with E-state index in [9.17, 15) is 4.79 Å². The fourth-order valence-corrected chi connectivity index (χ4v) is 4.04. The summed E-state index contributed by atoms with van der Waals surface area (Å²) < 4.78 is 0. The molecule has 122 valence electrons. The summed E-state index contributed by atoms with van der Waals surface area (Å²) in [5.41, 5.74) is 0.979. The highest BCUT2D eigenvalue weighted by Gasteiger charge is 2.27. The zero-order valence-electron chi connectivity index (χ0n) is 13.1. The average Bonchev–Trinajstić information content (AvgIpc) is 2.63. The van der Waals surface area contributed by atoms with Crippen molar-refractivity contribution in [2.24, 2.45) is 0 Å². The standard InChI is InChI=1S/C16H21N5OS/c17-11-13-1-2-14(12-18-13)19-16(22)21-5-3-15(4-6-21)20-7-9-23-10-8-20/h1-2,12,15H,3-10H2,(H,19,22). The van der Waals surface area contributed by atoms with Crippen molar-refractivity contribution in [2.45, 2.75) is 18.9 Å². The first-order valence-electron chi connectivity index (χ1n) is 8.00. The van der Waals surface area contributed by atoms with E-state index in [2.05, 4.69) is 15.2 Å². The average molecular weight is 331 g/mol. The molecule has 1 N–H and O–H groups in total. The third-order valence-corrected chi connectivity index (χ3v) is 5.39. The minimum Gasteiger partial charge on any atom is -0.324 e. The van der Waals surface area contributed by atoms with Gasteiger partial charge in [0, 0.05) is 43.7 Å². The highest BCUT2D eigenvalue weighted by molar-refractivity contribution is 7.99. The molecule has 7 heteroatoms. The molecule has 2 aliphatic heterocycles. The van der Waals surface area contributed by atoms with Gasteiger partial charge < -0.3 is 10.2 Å². The molecule has 0 atom stereocenters. The fraction of sp³-hybridized carbons (Fsp3) is 0.562. The van der Waals surface area contributed by atoms with Gasteiger partial charge in [-0.15, -0.1) is 0 Å². The number of pyridine rings is 1. The number of urea groups is 1. The third kappa shape index (κ3) is 4.15. The molecule has 0 radical (unpaired) electrons. The number of nitriles is 1. The Morgan fingerprint density at radius 2 is 2.00 bits per heavy atom. The number of thioether (sulfide) groups is 1. The highest BCUT2D eigenvalue weighted by atomic mass is 32.2. The number of amides is 2. The number of hydrogen-bond acceptors (Lipinski definition) is 5. The maximum Gasteiger partial charge on any atom is 0.321 e. The molecule has 3 heterocycles. The fourth-order valence-electron chi connectivity index (χ4n) is 3.11. The van der Waals surface area contributed by atoms with E-state index in [1.54, 1.807) is 12.1 Å². The van der Waals surface area contributed by atoms with Crippen LogP contribution >= 0.6 is 11.8 Å². The van der Waals surface area contributed by atoms with Crippen LogP contribution in [-0.4, -0.2) is 64.5 Å². The number of carbonyl (C=O) groups excluding carboxylic acids is 1. The second-order valence-electron chi connectivity index (χ2n) is 5.84. The van der Waals surface area contributed by atoms with Crippen LogP contribution in [0.5, 0.6) is 0 Å². The lowest BCUT2D eigenvalue weighted by molar-refractivity contribution is 0.130. The Bertz CT molecular complexity index is 571. The van der Waals surface area contributed by atoms with E-state index in [4.69, 9.17) is 5.26 Å². The van der Waals surface area contributed by atoms with Crippen molar-refractivity contribution in [3.8, 4) is 6.07 Å². The summed E-state index contributed by atoms with van der Waals surface area (Å²) in [5.74, 6) is 2.46. The number of nitrogens with zero attached hydrogens (tertiary/aromatic N) is 4. The Kier molecular flexibility index (Phi) is 5.36. The normalized spacial score (nSPS) is 20.0. The summed E-state index contributed by atoms with van der Waals surface area (Å²) in [6.45, 7) is 3.95. The molecule has 0 unspecified atom stereocenters. The lowest BCUT2D eigenvalue weighted by Crippen LogP contribution is -2.49. The number of rotatable bonds is 2. The molecular formula is C16H21N5OS. The number of hydrogen-bond donors (Lipinski definition) is 1. The smallest absolute Gasteiger partial charge is 0.321 e. The van der Waals surface area contributed by atoms with E-state index in [1.165, 1.54) is 30.8 Å². The van der Waals surface area contributed by atoms with Gasteiger partial charge in [0.15, 0.2) is 0 Å². The summed E-state index contributed by atoms with van der Waals surface area (Å²) in [7, 11) is 0. The maximum absolute atomic E-state index is 12.3. The van der Waals surface area contributed by atoms with Gasteiger partial charge in [-0.25, -0.2) is 9.78 Å². The van der Waals surface area contributed by atoms with Crippen LogP contribution in [0.25, 0.3) is 0 Å². The van der Waals surface area contributed by atoms with Crippen LogP contribution in [0, 0.1) is 11.3 Å². The number of anilines is 1. The van der Waals surface area contributed by atoms with Gasteiger partial charge in [-0.3, -0.25) is 4.90 Å². The third-order valence-electron chi connectivity index (χ3n) is 4.44. The minimum absolute atomic E-state index is 0.0795. The van der Waals surface area contributed by atoms with Gasteiger partial charge in [-0.2, -0.15) is 17.0 Å². The summed E-state index contributed by atoms with van der Waals surface area (Å²) in [5, 5.41) is 11.6. The van der Waals surface area contributed by atoms with Crippen molar-refractivity contribution in [2.75, 3.05) is 43.0 Å². The maximum atomic E-state index is 12.3. The van der Waals surface area contributed by atoms with Gasteiger partial charge in [0.05, 0.1) is 11.9 Å². The van der Waals surface area contributed by atoms with Gasteiger partial charge in [-0.1, -0.05) is 0 Å². The van der Waals surface area contributed by atoms with Crippen molar-refractivity contribution in [3.05, 3.63) is 24.0 Å². The predicted molar refractivity (Wildman–Crippen MR) is 91.5 cm³/mol. The second kappa shape index (κ2) is 7.66. The lowest BCUT2D eigenvalue weighted by Gasteiger charge is -2.40. The summed E-state index contributed by atoms with van der Waals surface area (Å²) in [6, 6.07) is 5.83. The molecule has 3 rings (SSSR count). The van der Waals surface area contributed by atoms with Gasteiger partial charge in [0.1, 0.15) is 11.8 Å². The van der Waals surface area contributed by atoms with Crippen LogP contribution in [0.1, 0.15) is 18.5 Å². The van der Waals surface area contributed by atoms with Gasteiger partial charge in [0.25, 0.3) is 0 Å². The van der Waals surface area contributed by atoms with Crippen molar-refractivity contribution in [3.63, 3.8) is 0 Å². The molecule has 2 aliphatic rings. The largest absolute Gasteiger partial charge is 0.324 e. The molecule has 0 spiro atoms. The van der Waals surface area contributed by atoms with Crippen LogP contribution < -0.4 is 5.32 Å². The molecule has 0 bridgehead atoms. The van der Waals surface area contributed by atoms with E-state index >= 15 is 0 Å². The lowest BCUT2D eigenvalue weighted by atomic mass is 10.0. The zero-order valence-corrected chi connectivity index (χ0v) is 13.9. The molecule has 0 aromatic carbocycles. The molecule has 23 heavy (non-hydrogen) atoms. The van der Waals surface area contributed by atoms with E-state index in [0.29, 0.717) is 17.4 Å². The van der Waals surface area contributed by atoms with Crippen molar-refractivity contribution < 1.29 is 4.79 Å². The summed E-state index contributed by atoms with van der Waals surface area (Å²) in [6.07, 6.45) is 3.61. The van der Waals surface area contributed by atoms with Gasteiger partial charge in [0.2, 0.25) is 0 Å². The highest BCUT2D eigenvalue weighted by Crippen LogP contribution is 2.21. The number of piperidine rings is 1. The van der Waals surface area contributed by atoms with E-state index in [1.807, 2.05) is 22.7 Å². The van der Waals surface area contributed by atoms with Crippen molar-refractivity contribution >= 4 is 23.5 Å². The number of nitrogens with one attached hydrogen (secondary N) is 1. The van der Waals surface area contributed by atoms with Crippen molar-refractivity contribution in [1.29, 1.82) is 5.26 Å². The van der Waals surface area contributed by atoms with Gasteiger partial charge in [-0.05, 0) is 25.0 Å². The zero-order chi connectivity index (χ0) is 16.1. The molecule has 1 aromatic heterocycles. The minimum atomic E-state index is -0.0795. The summed E-state index contributed by atoms with van der Waals surface area (Å²) >= 11 is 2.03. The van der Waals surface area contributed by atoms with Crippen LogP contribution in [0.15, 0.2) is 18.3 Å². The van der Waals surface area contributed by atoms with Crippen LogP contribution in [0.4, 0.5) is 10.5 Å². The van der Waals surface area contributed by atoms with Crippen LogP contribution in [0.2, 0.25) is 0 Å². The SMILES string of the molecule is N#Cc1ccc(NC(=O)N2CCC(N3CCSCC3)CC2)cn1. The quantitative estimate of drug-likeness (QED) is 0.897. The van der Waals surface area contributed by atoms with E-state index in [-0.39, 0.29) is 6.03 Å². The van der Waals surface area contributed by atoms with Gasteiger partial charge >= 0.3 is 6.03 Å². The number of likely N-dealkylation sites (tertiary alicyclic amines) is 1. The summed E-state index contributed by atoms with van der Waals surface area (Å²) in [4.78, 5) is 20.7. The van der Waals surface area contributed by atoms with E-state index in [0.717, 1.165) is 25.9 Å². The van der Waals surface area contributed by atoms with E-state index < -0.39 is 0 Å². The van der Waals surface area contributed by atoms with Crippen LogP contribution in [-0.2, 0) is 0 Å². The Hall–Kier alpha value is -1.78. The molecule has 0 saturated carbocycles. The molecule has 0 aliphatic carbocycles. The monoisotopic (exact) mass is 331 g/mol. The first-order valence-corrected chi connectivity index (χ1v) is 9.15. The van der Waals surface area contributed by atoms with Crippen molar-refractivity contribution in [1.82, 2.24) is 14.8 Å². The predicted octanol–water partition coefficient (Wildman–Crippen LogP) is 2.00. The second-order valence-corrected chi connectivity index (χ2v) is 7.07. The Labute approximate surface area is 140 Å². The molecule has 1 aromatic rings. The van der Waals surface area contributed by atoms with Crippen LogP contribution in [0.3, 0.4) is 0 Å². The number of carbonyl (C=O) groups is 1. The molecule has 2 fully saturated rings. The molecular weight excluding hydrogens is 310 g/mol. The Morgan fingerprint density at radius 1 is 1.26 bits per heavy atom. The Balaban J connectivity index is 1.48. The molecule has 6 nitrogen and oxygen atoms in total.